The van der Waals surface area contributed by atoms with Gasteiger partial charge in [0, 0.05) is 10.9 Å². The molecule has 0 spiro atoms. The van der Waals surface area contributed by atoms with Gasteiger partial charge in [0.05, 0.1) is 12.6 Å². The van der Waals surface area contributed by atoms with Crippen LogP contribution in [0, 0.1) is 0 Å². The van der Waals surface area contributed by atoms with Gasteiger partial charge < -0.3 is 4.74 Å². The third kappa shape index (κ3) is 3.28. The van der Waals surface area contributed by atoms with Gasteiger partial charge in [0.1, 0.15) is 0 Å². The second kappa shape index (κ2) is 5.35. The fraction of sp³-hybridized carbons (Fsp3) is 0.364. The molecule has 92 valence electrons. The molecule has 1 aliphatic rings. The molecule has 0 radical (unpaired) electrons. The summed E-state index contributed by atoms with van der Waals surface area (Å²) in [6.45, 7) is 0.499. The van der Waals surface area contributed by atoms with Crippen LogP contribution in [0.4, 0.5) is 0 Å². The normalized spacial score (nSPS) is 20.7. The van der Waals surface area contributed by atoms with Crippen molar-refractivity contribution in [3.05, 3.63) is 34.3 Å². The third-order valence-corrected chi connectivity index (χ3v) is 3.62. The van der Waals surface area contributed by atoms with E-state index in [-0.39, 0.29) is 11.9 Å². The van der Waals surface area contributed by atoms with Crippen LogP contribution in [-0.2, 0) is 4.74 Å². The minimum absolute atomic E-state index is 0.0371. The van der Waals surface area contributed by atoms with E-state index in [2.05, 4.69) is 20.9 Å². The first kappa shape index (κ1) is 13.5. The van der Waals surface area contributed by atoms with Gasteiger partial charge >= 0.3 is 0 Å². The van der Waals surface area contributed by atoms with E-state index in [0.717, 1.165) is 16.5 Å². The van der Waals surface area contributed by atoms with E-state index in [9.17, 15) is 0 Å². The molecule has 1 aromatic rings. The number of hydrogen-bond donors (Lipinski definition) is 0. The van der Waals surface area contributed by atoms with E-state index in [4.69, 9.17) is 39.5 Å². The van der Waals surface area contributed by atoms with Crippen molar-refractivity contribution < 1.29 is 4.74 Å². The highest BCUT2D eigenvalue weighted by atomic mass is 79.9. The molecule has 0 amide bonds. The molecule has 1 unspecified atom stereocenters. The highest BCUT2D eigenvalue weighted by molar-refractivity contribution is 9.10. The lowest BCUT2D eigenvalue weighted by molar-refractivity contribution is 0.255. The van der Waals surface area contributed by atoms with E-state index in [1.165, 1.54) is 0 Å². The minimum atomic E-state index is -1.60. The molecular formula is C11H9BrCl3NO. The van der Waals surface area contributed by atoms with Crippen molar-refractivity contribution in [1.29, 1.82) is 0 Å². The second-order valence-corrected chi connectivity index (χ2v) is 6.74. The van der Waals surface area contributed by atoms with Gasteiger partial charge in [0.25, 0.3) is 3.79 Å². The Balaban J connectivity index is 2.32. The molecule has 17 heavy (non-hydrogen) atoms. The maximum absolute atomic E-state index is 5.77. The maximum atomic E-state index is 5.77. The van der Waals surface area contributed by atoms with Crippen LogP contribution in [-0.4, -0.2) is 16.3 Å². The van der Waals surface area contributed by atoms with Gasteiger partial charge in [0.2, 0.25) is 5.90 Å². The average molecular weight is 357 g/mol. The summed E-state index contributed by atoms with van der Waals surface area (Å²) in [5.74, 6) is 0.162. The molecule has 0 N–H and O–H groups in total. The van der Waals surface area contributed by atoms with Crippen LogP contribution < -0.4 is 0 Å². The molecular weight excluding hydrogens is 348 g/mol. The number of halogens is 4. The zero-order chi connectivity index (χ0) is 12.5. The number of nitrogens with zero attached hydrogens (tertiary/aromatic N) is 1. The SMILES string of the molecule is ClC(Cl)(Cl)C1=NC(c2ccccc2Br)CCO1. The molecule has 6 heteroatoms. The average Bonchev–Trinajstić information content (AvgIpc) is 2.29. The van der Waals surface area contributed by atoms with Crippen molar-refractivity contribution in [2.45, 2.75) is 16.3 Å². The molecule has 1 aromatic carbocycles. The minimum Gasteiger partial charge on any atom is -0.478 e. The molecule has 1 aliphatic heterocycles. The smallest absolute Gasteiger partial charge is 0.266 e. The van der Waals surface area contributed by atoms with Crippen LogP contribution in [0.5, 0.6) is 0 Å². The zero-order valence-electron chi connectivity index (χ0n) is 8.67. The Morgan fingerprint density at radius 2 is 2.00 bits per heavy atom. The first-order valence-electron chi connectivity index (χ1n) is 5.00. The monoisotopic (exact) mass is 355 g/mol. The molecule has 0 aliphatic carbocycles. The topological polar surface area (TPSA) is 21.6 Å². The molecule has 0 aromatic heterocycles. The molecule has 1 heterocycles. The Labute approximate surface area is 123 Å². The number of ether oxygens (including phenoxy) is 1. The molecule has 0 bridgehead atoms. The highest BCUT2D eigenvalue weighted by Gasteiger charge is 2.34. The van der Waals surface area contributed by atoms with Crippen molar-refractivity contribution in [3.8, 4) is 0 Å². The van der Waals surface area contributed by atoms with Crippen LogP contribution >= 0.6 is 50.7 Å². The van der Waals surface area contributed by atoms with Gasteiger partial charge in [-0.15, -0.1) is 0 Å². The number of rotatable bonds is 1. The van der Waals surface area contributed by atoms with Crippen LogP contribution in [0.15, 0.2) is 33.7 Å². The molecule has 2 nitrogen and oxygen atoms in total. The van der Waals surface area contributed by atoms with Gasteiger partial charge in [0.15, 0.2) is 0 Å². The summed E-state index contributed by atoms with van der Waals surface area (Å²) < 4.78 is 4.67. The Hall–Kier alpha value is 0.0400. The lowest BCUT2D eigenvalue weighted by Gasteiger charge is -2.25. The van der Waals surface area contributed by atoms with Crippen LogP contribution in [0.25, 0.3) is 0 Å². The maximum Gasteiger partial charge on any atom is 0.266 e. The van der Waals surface area contributed by atoms with Crippen molar-refractivity contribution >= 4 is 56.6 Å². The predicted octanol–water partition coefficient (Wildman–Crippen LogP) is 4.68. The summed E-state index contributed by atoms with van der Waals surface area (Å²) in [4.78, 5) is 4.35. The molecule has 1 atom stereocenters. The second-order valence-electron chi connectivity index (χ2n) is 3.61. The fourth-order valence-corrected chi connectivity index (χ4v) is 2.50. The summed E-state index contributed by atoms with van der Waals surface area (Å²) in [7, 11) is 0. The Kier molecular flexibility index (Phi) is 4.24. The van der Waals surface area contributed by atoms with Crippen LogP contribution in [0.1, 0.15) is 18.0 Å². The molecule has 2 rings (SSSR count). The van der Waals surface area contributed by atoms with E-state index in [1.807, 2.05) is 24.3 Å². The van der Waals surface area contributed by atoms with Gasteiger partial charge in [-0.25, -0.2) is 4.99 Å². The number of benzene rings is 1. The summed E-state index contributed by atoms with van der Waals surface area (Å²) in [6, 6.07) is 7.84. The van der Waals surface area contributed by atoms with Crippen molar-refractivity contribution in [2.75, 3.05) is 6.61 Å². The number of hydrogen-bond acceptors (Lipinski definition) is 2. The first-order valence-corrected chi connectivity index (χ1v) is 6.93. The predicted molar refractivity (Wildman–Crippen MR) is 75.2 cm³/mol. The Bertz CT molecular complexity index is 445. The van der Waals surface area contributed by atoms with E-state index >= 15 is 0 Å². The van der Waals surface area contributed by atoms with E-state index < -0.39 is 3.79 Å². The van der Waals surface area contributed by atoms with Gasteiger partial charge in [-0.05, 0) is 11.6 Å². The molecule has 0 fully saturated rings. The lowest BCUT2D eigenvalue weighted by atomic mass is 10.0. The fourth-order valence-electron chi connectivity index (χ4n) is 1.64. The Morgan fingerprint density at radius 1 is 1.29 bits per heavy atom. The number of alkyl halides is 3. The quantitative estimate of drug-likeness (QED) is 0.669. The summed E-state index contributed by atoms with van der Waals surface area (Å²) >= 11 is 20.8. The van der Waals surface area contributed by atoms with Crippen molar-refractivity contribution in [3.63, 3.8) is 0 Å². The van der Waals surface area contributed by atoms with Gasteiger partial charge in [-0.2, -0.15) is 0 Å². The van der Waals surface area contributed by atoms with E-state index in [1.54, 1.807) is 0 Å². The first-order chi connectivity index (χ1) is 7.98. The van der Waals surface area contributed by atoms with Gasteiger partial charge in [-0.3, -0.25) is 0 Å². The van der Waals surface area contributed by atoms with Crippen molar-refractivity contribution in [2.24, 2.45) is 4.99 Å². The lowest BCUT2D eigenvalue weighted by Crippen LogP contribution is -2.28. The Morgan fingerprint density at radius 3 is 2.65 bits per heavy atom. The summed E-state index contributed by atoms with van der Waals surface area (Å²) in [5.41, 5.74) is 1.07. The zero-order valence-corrected chi connectivity index (χ0v) is 12.5. The largest absolute Gasteiger partial charge is 0.478 e. The molecule has 0 saturated heterocycles. The highest BCUT2D eigenvalue weighted by Crippen LogP contribution is 2.36. The van der Waals surface area contributed by atoms with Crippen molar-refractivity contribution in [1.82, 2.24) is 0 Å². The van der Waals surface area contributed by atoms with E-state index in [0.29, 0.717) is 6.61 Å². The van der Waals surface area contributed by atoms with Crippen LogP contribution in [0.3, 0.4) is 0 Å². The molecule has 0 saturated carbocycles. The third-order valence-electron chi connectivity index (χ3n) is 2.41. The summed E-state index contributed by atoms with van der Waals surface area (Å²) in [6.07, 6.45) is 0.771. The number of aliphatic imine (C=N–C) groups is 1. The van der Waals surface area contributed by atoms with Crippen LogP contribution in [0.2, 0.25) is 0 Å². The summed E-state index contributed by atoms with van der Waals surface area (Å²) in [5, 5.41) is 0. The van der Waals surface area contributed by atoms with Gasteiger partial charge in [-0.1, -0.05) is 68.9 Å². The standard InChI is InChI=1S/C11H9BrCl3NO/c12-8-4-2-1-3-7(8)9-5-6-17-10(16-9)11(13,14)15/h1-4,9H,5-6H2.